The van der Waals surface area contributed by atoms with Crippen molar-refractivity contribution in [3.8, 4) is 0 Å². The molecule has 3 aromatic carbocycles. The van der Waals surface area contributed by atoms with Gasteiger partial charge in [0.05, 0.1) is 31.2 Å². The van der Waals surface area contributed by atoms with Gasteiger partial charge in [-0.3, -0.25) is 14.5 Å². The Morgan fingerprint density at radius 2 is 1.51 bits per heavy atom. The van der Waals surface area contributed by atoms with Crippen LogP contribution in [-0.4, -0.2) is 53.4 Å². The summed E-state index contributed by atoms with van der Waals surface area (Å²) in [6, 6.07) is 26.5. The predicted octanol–water partition coefficient (Wildman–Crippen LogP) is 3.25. The second kappa shape index (κ2) is 10.6. The van der Waals surface area contributed by atoms with Gasteiger partial charge >= 0.3 is 0 Å². The Balaban J connectivity index is 1.49. The third kappa shape index (κ3) is 5.31. The van der Waals surface area contributed by atoms with E-state index in [4.69, 9.17) is 4.74 Å². The standard InChI is InChI=1S/C28H28N4O3/c33-27(29-25(22-11-5-2-6-12-22)20-31-15-17-35-18-16-31)26-23-13-7-8-14-24(23)28(34)32(30-26)19-21-9-3-1-4-10-21/h1-14,25H,15-20H2,(H,29,33). The molecule has 0 radical (unpaired) electrons. The van der Waals surface area contributed by atoms with Gasteiger partial charge in [0.1, 0.15) is 0 Å². The summed E-state index contributed by atoms with van der Waals surface area (Å²) in [5.41, 5.74) is 2.00. The van der Waals surface area contributed by atoms with Crippen LogP contribution >= 0.6 is 0 Å². The van der Waals surface area contributed by atoms with E-state index >= 15 is 0 Å². The predicted molar refractivity (Wildman–Crippen MR) is 135 cm³/mol. The number of benzene rings is 3. The van der Waals surface area contributed by atoms with Crippen molar-refractivity contribution < 1.29 is 9.53 Å². The molecule has 7 heteroatoms. The normalized spacial score (nSPS) is 15.1. The smallest absolute Gasteiger partial charge is 0.274 e. The first-order valence-electron chi connectivity index (χ1n) is 11.9. The van der Waals surface area contributed by atoms with Crippen LogP contribution in [0.5, 0.6) is 0 Å². The number of amides is 1. The zero-order valence-corrected chi connectivity index (χ0v) is 19.5. The van der Waals surface area contributed by atoms with Gasteiger partial charge in [-0.15, -0.1) is 0 Å². The lowest BCUT2D eigenvalue weighted by atomic mass is 10.0. The zero-order valence-electron chi connectivity index (χ0n) is 19.5. The summed E-state index contributed by atoms with van der Waals surface area (Å²) in [6.45, 7) is 3.98. The Kier molecular flexibility index (Phi) is 6.97. The number of hydrogen-bond acceptors (Lipinski definition) is 5. The van der Waals surface area contributed by atoms with Crippen molar-refractivity contribution >= 4 is 16.7 Å². The van der Waals surface area contributed by atoms with Gasteiger partial charge in [-0.05, 0) is 17.2 Å². The summed E-state index contributed by atoms with van der Waals surface area (Å²) in [4.78, 5) is 29.1. The number of carbonyl (C=O) groups is 1. The minimum absolute atomic E-state index is 0.214. The molecular formula is C28H28N4O3. The highest BCUT2D eigenvalue weighted by Crippen LogP contribution is 2.19. The monoisotopic (exact) mass is 468 g/mol. The highest BCUT2D eigenvalue weighted by molar-refractivity contribution is 6.04. The number of aromatic nitrogens is 2. The number of hydrogen-bond donors (Lipinski definition) is 1. The summed E-state index contributed by atoms with van der Waals surface area (Å²) in [6.07, 6.45) is 0. The van der Waals surface area contributed by atoms with E-state index in [1.165, 1.54) is 4.68 Å². The summed E-state index contributed by atoms with van der Waals surface area (Å²) in [5.74, 6) is -0.301. The topological polar surface area (TPSA) is 76.5 Å². The molecule has 0 saturated carbocycles. The molecule has 5 rings (SSSR count). The van der Waals surface area contributed by atoms with Crippen LogP contribution in [0.25, 0.3) is 10.8 Å². The van der Waals surface area contributed by atoms with Crippen LogP contribution in [0.2, 0.25) is 0 Å². The first-order valence-corrected chi connectivity index (χ1v) is 11.9. The second-order valence-electron chi connectivity index (χ2n) is 8.69. The molecule has 2 heterocycles. The molecule has 1 unspecified atom stereocenters. The van der Waals surface area contributed by atoms with E-state index in [1.807, 2.05) is 72.8 Å². The van der Waals surface area contributed by atoms with E-state index in [0.717, 1.165) is 24.2 Å². The molecule has 1 N–H and O–H groups in total. The maximum absolute atomic E-state index is 13.7. The van der Waals surface area contributed by atoms with Gasteiger partial charge in [0.15, 0.2) is 5.69 Å². The molecule has 0 aliphatic carbocycles. The zero-order chi connectivity index (χ0) is 24.0. The molecule has 1 fully saturated rings. The van der Waals surface area contributed by atoms with E-state index in [9.17, 15) is 9.59 Å². The van der Waals surface area contributed by atoms with Crippen LogP contribution in [0.1, 0.15) is 27.7 Å². The Morgan fingerprint density at radius 1 is 0.886 bits per heavy atom. The van der Waals surface area contributed by atoms with Crippen molar-refractivity contribution in [1.82, 2.24) is 20.0 Å². The fraction of sp³-hybridized carbons (Fsp3) is 0.250. The maximum Gasteiger partial charge on any atom is 0.274 e. The van der Waals surface area contributed by atoms with Crippen molar-refractivity contribution in [1.29, 1.82) is 0 Å². The van der Waals surface area contributed by atoms with Crippen LogP contribution in [-0.2, 0) is 11.3 Å². The Morgan fingerprint density at radius 3 is 2.23 bits per heavy atom. The van der Waals surface area contributed by atoms with Gasteiger partial charge in [0.2, 0.25) is 0 Å². The van der Waals surface area contributed by atoms with Gasteiger partial charge in [0.25, 0.3) is 11.5 Å². The van der Waals surface area contributed by atoms with E-state index in [0.29, 0.717) is 37.1 Å². The summed E-state index contributed by atoms with van der Waals surface area (Å²) in [5, 5.41) is 8.78. The molecule has 4 aromatic rings. The maximum atomic E-state index is 13.7. The minimum Gasteiger partial charge on any atom is -0.379 e. The fourth-order valence-corrected chi connectivity index (χ4v) is 4.45. The van der Waals surface area contributed by atoms with Crippen molar-refractivity contribution in [2.24, 2.45) is 0 Å². The molecule has 7 nitrogen and oxygen atoms in total. The highest BCUT2D eigenvalue weighted by Gasteiger charge is 2.23. The average molecular weight is 469 g/mol. The number of ether oxygens (including phenoxy) is 1. The lowest BCUT2D eigenvalue weighted by molar-refractivity contribution is 0.0332. The van der Waals surface area contributed by atoms with Crippen LogP contribution < -0.4 is 10.9 Å². The summed E-state index contributed by atoms with van der Waals surface area (Å²) >= 11 is 0. The second-order valence-corrected chi connectivity index (χ2v) is 8.69. The number of morpholine rings is 1. The van der Waals surface area contributed by atoms with Crippen molar-refractivity contribution in [2.75, 3.05) is 32.8 Å². The van der Waals surface area contributed by atoms with Crippen LogP contribution in [0.4, 0.5) is 0 Å². The molecule has 1 aliphatic rings. The quantitative estimate of drug-likeness (QED) is 0.451. The van der Waals surface area contributed by atoms with E-state index in [2.05, 4.69) is 15.3 Å². The largest absolute Gasteiger partial charge is 0.379 e. The van der Waals surface area contributed by atoms with Crippen LogP contribution in [0, 0.1) is 0 Å². The number of rotatable bonds is 7. The molecule has 1 atom stereocenters. The molecule has 35 heavy (non-hydrogen) atoms. The Bertz CT molecular complexity index is 1350. The SMILES string of the molecule is O=C(NC(CN1CCOCC1)c1ccccc1)c1nn(Cc2ccccc2)c(=O)c2ccccc12. The number of nitrogens with zero attached hydrogens (tertiary/aromatic N) is 3. The molecule has 1 saturated heterocycles. The van der Waals surface area contributed by atoms with E-state index in [1.54, 1.807) is 12.1 Å². The third-order valence-corrected chi connectivity index (χ3v) is 6.31. The van der Waals surface area contributed by atoms with Crippen molar-refractivity contribution in [3.05, 3.63) is 112 Å². The van der Waals surface area contributed by atoms with Crippen LogP contribution in [0.15, 0.2) is 89.7 Å². The number of fused-ring (bicyclic) bond motifs is 1. The Labute approximate surface area is 204 Å². The summed E-state index contributed by atoms with van der Waals surface area (Å²) in [7, 11) is 0. The van der Waals surface area contributed by atoms with Crippen molar-refractivity contribution in [3.63, 3.8) is 0 Å². The van der Waals surface area contributed by atoms with Gasteiger partial charge in [-0.25, -0.2) is 4.68 Å². The van der Waals surface area contributed by atoms with Crippen LogP contribution in [0.3, 0.4) is 0 Å². The summed E-state index contributed by atoms with van der Waals surface area (Å²) < 4.78 is 6.87. The first-order chi connectivity index (χ1) is 17.2. The lowest BCUT2D eigenvalue weighted by Crippen LogP contribution is -2.43. The van der Waals surface area contributed by atoms with Gasteiger partial charge in [0, 0.05) is 25.0 Å². The van der Waals surface area contributed by atoms with Gasteiger partial charge in [-0.1, -0.05) is 78.9 Å². The molecule has 0 spiro atoms. The molecular weight excluding hydrogens is 440 g/mol. The van der Waals surface area contributed by atoms with Gasteiger partial charge < -0.3 is 10.1 Å². The number of nitrogens with one attached hydrogen (secondary N) is 1. The van der Waals surface area contributed by atoms with E-state index in [-0.39, 0.29) is 23.2 Å². The third-order valence-electron chi connectivity index (χ3n) is 6.31. The Hall–Kier alpha value is -3.81. The van der Waals surface area contributed by atoms with Crippen molar-refractivity contribution in [2.45, 2.75) is 12.6 Å². The lowest BCUT2D eigenvalue weighted by Gasteiger charge is -2.31. The number of carbonyl (C=O) groups excluding carboxylic acids is 1. The highest BCUT2D eigenvalue weighted by atomic mass is 16.5. The first kappa shape index (κ1) is 23.0. The molecule has 178 valence electrons. The molecule has 0 bridgehead atoms. The molecule has 1 aromatic heterocycles. The van der Waals surface area contributed by atoms with E-state index < -0.39 is 0 Å². The average Bonchev–Trinajstić information content (AvgIpc) is 2.91. The molecule has 1 aliphatic heterocycles. The minimum atomic E-state index is -0.301. The molecule has 1 amide bonds. The van der Waals surface area contributed by atoms with Gasteiger partial charge in [-0.2, -0.15) is 5.10 Å². The fourth-order valence-electron chi connectivity index (χ4n) is 4.45.